The zero-order chi connectivity index (χ0) is 14.7. The van der Waals surface area contributed by atoms with Crippen molar-refractivity contribution in [3.05, 3.63) is 34.1 Å². The minimum Gasteiger partial charge on any atom is -0.381 e. The molecule has 2 atom stereocenters. The van der Waals surface area contributed by atoms with Crippen molar-refractivity contribution in [3.8, 4) is 0 Å². The fourth-order valence-electron chi connectivity index (χ4n) is 2.54. The summed E-state index contributed by atoms with van der Waals surface area (Å²) in [6.45, 7) is 0.881. The highest BCUT2D eigenvalue weighted by Gasteiger charge is 2.32. The summed E-state index contributed by atoms with van der Waals surface area (Å²) in [6, 6.07) is 4.26. The van der Waals surface area contributed by atoms with Crippen LogP contribution in [0, 0.1) is 5.82 Å². The Balaban J connectivity index is 2.21. The molecule has 0 radical (unpaired) electrons. The number of carbonyl (C=O) groups excluding carboxylic acids is 1. The molecule has 1 fully saturated rings. The zero-order valence-corrected chi connectivity index (χ0v) is 12.9. The number of rotatable bonds is 3. The number of benzene rings is 1. The van der Waals surface area contributed by atoms with Crippen LogP contribution in [0.4, 0.5) is 4.39 Å². The summed E-state index contributed by atoms with van der Waals surface area (Å²) < 4.78 is 19.8. The monoisotopic (exact) mass is 344 g/mol. The second kappa shape index (κ2) is 6.65. The number of ether oxygens (including phenoxy) is 1. The highest BCUT2D eigenvalue weighted by molar-refractivity contribution is 9.10. The molecule has 2 N–H and O–H groups in total. The van der Waals surface area contributed by atoms with E-state index in [1.807, 2.05) is 0 Å². The highest BCUT2D eigenvalue weighted by atomic mass is 79.9. The number of hydrogen-bond acceptors (Lipinski definition) is 3. The van der Waals surface area contributed by atoms with Gasteiger partial charge in [0.2, 0.25) is 0 Å². The number of likely N-dealkylation sites (tertiary alicyclic amines) is 1. The lowest BCUT2D eigenvalue weighted by Crippen LogP contribution is -2.51. The molecule has 110 valence electrons. The van der Waals surface area contributed by atoms with Crippen molar-refractivity contribution in [3.63, 3.8) is 0 Å². The SMILES string of the molecule is COC1CCN(C(=O)c2cc(Br)ccc2F)C(CN)C1. The fraction of sp³-hybridized carbons (Fsp3) is 0.500. The Hall–Kier alpha value is -0.980. The van der Waals surface area contributed by atoms with Crippen molar-refractivity contribution < 1.29 is 13.9 Å². The van der Waals surface area contributed by atoms with Gasteiger partial charge in [-0.1, -0.05) is 15.9 Å². The van der Waals surface area contributed by atoms with Gasteiger partial charge in [-0.05, 0) is 31.0 Å². The van der Waals surface area contributed by atoms with Crippen LogP contribution in [-0.2, 0) is 4.74 Å². The third-order valence-electron chi connectivity index (χ3n) is 3.69. The van der Waals surface area contributed by atoms with E-state index >= 15 is 0 Å². The normalized spacial score (nSPS) is 22.9. The summed E-state index contributed by atoms with van der Waals surface area (Å²) in [6.07, 6.45) is 1.54. The highest BCUT2D eigenvalue weighted by Crippen LogP contribution is 2.23. The third kappa shape index (κ3) is 3.19. The van der Waals surface area contributed by atoms with Crippen molar-refractivity contribution >= 4 is 21.8 Å². The largest absolute Gasteiger partial charge is 0.381 e. The van der Waals surface area contributed by atoms with E-state index in [1.54, 1.807) is 18.1 Å². The molecule has 1 aromatic rings. The predicted molar refractivity (Wildman–Crippen MR) is 78.0 cm³/mol. The number of halogens is 2. The maximum atomic E-state index is 13.8. The molecule has 0 bridgehead atoms. The van der Waals surface area contributed by atoms with Gasteiger partial charge in [0.1, 0.15) is 5.82 Å². The predicted octanol–water partition coefficient (Wildman–Crippen LogP) is 2.17. The van der Waals surface area contributed by atoms with Gasteiger partial charge in [-0.3, -0.25) is 4.79 Å². The van der Waals surface area contributed by atoms with Crippen LogP contribution < -0.4 is 5.73 Å². The molecule has 0 spiro atoms. The lowest BCUT2D eigenvalue weighted by molar-refractivity contribution is 0.0137. The number of nitrogens with zero attached hydrogens (tertiary/aromatic N) is 1. The van der Waals surface area contributed by atoms with Gasteiger partial charge in [0.05, 0.1) is 11.7 Å². The van der Waals surface area contributed by atoms with Crippen molar-refractivity contribution in [2.24, 2.45) is 5.73 Å². The van der Waals surface area contributed by atoms with Gasteiger partial charge in [-0.2, -0.15) is 0 Å². The van der Waals surface area contributed by atoms with Crippen molar-refractivity contribution in [1.29, 1.82) is 0 Å². The number of hydrogen-bond donors (Lipinski definition) is 1. The Morgan fingerprint density at radius 3 is 3.00 bits per heavy atom. The molecular formula is C14H18BrFN2O2. The summed E-state index contributed by atoms with van der Waals surface area (Å²) in [5, 5.41) is 0. The Labute approximate surface area is 126 Å². The molecule has 1 aliphatic heterocycles. The standard InChI is InChI=1S/C14H18BrFN2O2/c1-20-11-4-5-18(10(7-11)8-17)14(19)12-6-9(15)2-3-13(12)16/h2-3,6,10-11H,4-5,7-8,17H2,1H3. The smallest absolute Gasteiger partial charge is 0.257 e. The molecule has 1 heterocycles. The van der Waals surface area contributed by atoms with Crippen molar-refractivity contribution in [2.75, 3.05) is 20.2 Å². The molecule has 1 amide bonds. The second-order valence-corrected chi connectivity index (χ2v) is 5.81. The molecule has 2 rings (SSSR count). The molecule has 0 saturated carbocycles. The zero-order valence-electron chi connectivity index (χ0n) is 11.3. The van der Waals surface area contributed by atoms with Gasteiger partial charge in [0.15, 0.2) is 0 Å². The topological polar surface area (TPSA) is 55.6 Å². The van der Waals surface area contributed by atoms with Crippen LogP contribution in [0.25, 0.3) is 0 Å². The van der Waals surface area contributed by atoms with E-state index in [2.05, 4.69) is 15.9 Å². The van der Waals surface area contributed by atoms with Gasteiger partial charge < -0.3 is 15.4 Å². The van der Waals surface area contributed by atoms with Crippen LogP contribution in [0.15, 0.2) is 22.7 Å². The van der Waals surface area contributed by atoms with Gasteiger partial charge in [-0.25, -0.2) is 4.39 Å². The molecule has 1 saturated heterocycles. The van der Waals surface area contributed by atoms with E-state index in [1.165, 1.54) is 12.1 Å². The summed E-state index contributed by atoms with van der Waals surface area (Å²) >= 11 is 3.26. The number of piperidine rings is 1. The van der Waals surface area contributed by atoms with E-state index in [0.717, 1.165) is 6.42 Å². The maximum absolute atomic E-state index is 13.8. The maximum Gasteiger partial charge on any atom is 0.257 e. The van der Waals surface area contributed by atoms with Crippen LogP contribution >= 0.6 is 15.9 Å². The fourth-order valence-corrected chi connectivity index (χ4v) is 2.90. The lowest BCUT2D eigenvalue weighted by atomic mass is 9.98. The van der Waals surface area contributed by atoms with Crippen LogP contribution in [0.5, 0.6) is 0 Å². The van der Waals surface area contributed by atoms with Gasteiger partial charge in [0.25, 0.3) is 5.91 Å². The number of nitrogens with two attached hydrogens (primary N) is 1. The number of carbonyl (C=O) groups is 1. The third-order valence-corrected chi connectivity index (χ3v) is 4.19. The molecule has 2 unspecified atom stereocenters. The summed E-state index contributed by atoms with van der Waals surface area (Å²) in [7, 11) is 1.66. The Kier molecular flexibility index (Phi) is 5.12. The Bertz CT molecular complexity index is 498. The Morgan fingerprint density at radius 2 is 2.35 bits per heavy atom. The molecule has 1 aromatic carbocycles. The first-order valence-corrected chi connectivity index (χ1v) is 7.35. The minimum atomic E-state index is -0.511. The molecular weight excluding hydrogens is 327 g/mol. The first kappa shape index (κ1) is 15.4. The molecule has 4 nitrogen and oxygen atoms in total. The van der Waals surface area contributed by atoms with Crippen molar-refractivity contribution in [1.82, 2.24) is 4.90 Å². The molecule has 6 heteroatoms. The molecule has 0 aliphatic carbocycles. The first-order valence-electron chi connectivity index (χ1n) is 6.55. The lowest BCUT2D eigenvalue weighted by Gasteiger charge is -2.38. The first-order chi connectivity index (χ1) is 9.56. The van der Waals surface area contributed by atoms with Crippen LogP contribution in [0.3, 0.4) is 0 Å². The number of amides is 1. The average molecular weight is 345 g/mol. The molecule has 0 aromatic heterocycles. The van der Waals surface area contributed by atoms with Crippen LogP contribution in [0.1, 0.15) is 23.2 Å². The summed E-state index contributed by atoms with van der Waals surface area (Å²) in [5.41, 5.74) is 5.82. The minimum absolute atomic E-state index is 0.0775. The summed E-state index contributed by atoms with van der Waals surface area (Å²) in [4.78, 5) is 14.2. The van der Waals surface area contributed by atoms with E-state index in [0.29, 0.717) is 24.0 Å². The summed E-state index contributed by atoms with van der Waals surface area (Å²) in [5.74, 6) is -0.823. The van der Waals surface area contributed by atoms with E-state index in [4.69, 9.17) is 10.5 Å². The average Bonchev–Trinajstić information content (AvgIpc) is 2.48. The Morgan fingerprint density at radius 1 is 1.60 bits per heavy atom. The van der Waals surface area contributed by atoms with Crippen molar-refractivity contribution in [2.45, 2.75) is 25.0 Å². The van der Waals surface area contributed by atoms with Gasteiger partial charge >= 0.3 is 0 Å². The van der Waals surface area contributed by atoms with Crippen LogP contribution in [0.2, 0.25) is 0 Å². The van der Waals surface area contributed by atoms with E-state index in [-0.39, 0.29) is 23.6 Å². The van der Waals surface area contributed by atoms with Crippen LogP contribution in [-0.4, -0.2) is 43.2 Å². The van der Waals surface area contributed by atoms with E-state index in [9.17, 15) is 9.18 Å². The second-order valence-electron chi connectivity index (χ2n) is 4.89. The quantitative estimate of drug-likeness (QED) is 0.914. The van der Waals surface area contributed by atoms with Gasteiger partial charge in [0, 0.05) is 30.7 Å². The van der Waals surface area contributed by atoms with E-state index < -0.39 is 5.82 Å². The van der Waals surface area contributed by atoms with Gasteiger partial charge in [-0.15, -0.1) is 0 Å². The molecule has 20 heavy (non-hydrogen) atoms. The number of methoxy groups -OCH3 is 1. The molecule has 1 aliphatic rings.